The van der Waals surface area contributed by atoms with E-state index in [1.165, 1.54) is 24.3 Å². The first kappa shape index (κ1) is 24.5. The Hall–Kier alpha value is -3.17. The van der Waals surface area contributed by atoms with Crippen molar-refractivity contribution in [2.24, 2.45) is 0 Å². The van der Waals surface area contributed by atoms with Gasteiger partial charge in [-0.2, -0.15) is 0 Å². The number of hydrogen-bond acceptors (Lipinski definition) is 4. The summed E-state index contributed by atoms with van der Waals surface area (Å²) in [4.78, 5) is 24.0. The van der Waals surface area contributed by atoms with E-state index in [-0.39, 0.29) is 17.0 Å². The van der Waals surface area contributed by atoms with Gasteiger partial charge in [-0.1, -0.05) is 42.0 Å². The van der Waals surface area contributed by atoms with Gasteiger partial charge in [-0.3, -0.25) is 9.10 Å². The van der Waals surface area contributed by atoms with E-state index < -0.39 is 28.4 Å². The normalized spacial score (nSPS) is 11.1. The molecule has 0 bridgehead atoms. The molecule has 2 N–H and O–H groups in total. The zero-order valence-corrected chi connectivity index (χ0v) is 20.5. The number of carboxylic acid groups (broad SMARTS) is 1. The molecule has 0 heterocycles. The lowest BCUT2D eigenvalue weighted by atomic mass is 10.1. The maximum absolute atomic E-state index is 13.5. The first-order chi connectivity index (χ1) is 15.6. The fourth-order valence-electron chi connectivity index (χ4n) is 3.16. The van der Waals surface area contributed by atoms with Crippen LogP contribution in [0.25, 0.3) is 0 Å². The number of anilines is 1. The van der Waals surface area contributed by atoms with Gasteiger partial charge < -0.3 is 10.4 Å². The number of aromatic carboxylic acids is 1. The number of nitrogens with zero attached hydrogens (tertiary/aromatic N) is 1. The minimum atomic E-state index is -4.04. The number of carbonyl (C=O) groups is 2. The molecule has 0 saturated heterocycles. The minimum Gasteiger partial charge on any atom is -0.478 e. The average molecular weight is 531 g/mol. The van der Waals surface area contributed by atoms with Crippen LogP contribution in [-0.4, -0.2) is 31.9 Å². The van der Waals surface area contributed by atoms with Crippen molar-refractivity contribution in [2.45, 2.75) is 25.3 Å². The summed E-state index contributed by atoms with van der Waals surface area (Å²) in [5.74, 6) is -1.59. The molecule has 3 rings (SSSR count). The Kier molecular flexibility index (Phi) is 7.55. The highest BCUT2D eigenvalue weighted by atomic mass is 79.9. The van der Waals surface area contributed by atoms with Crippen molar-refractivity contribution in [3.05, 3.63) is 93.5 Å². The van der Waals surface area contributed by atoms with Crippen molar-refractivity contribution >= 4 is 43.5 Å². The van der Waals surface area contributed by atoms with Crippen LogP contribution in [0.15, 0.2) is 76.1 Å². The molecule has 3 aromatic rings. The zero-order chi connectivity index (χ0) is 24.2. The Labute approximate surface area is 201 Å². The summed E-state index contributed by atoms with van der Waals surface area (Å²) in [6, 6.07) is 17.8. The number of halogens is 1. The van der Waals surface area contributed by atoms with Gasteiger partial charge in [0.25, 0.3) is 10.0 Å². The number of sulfonamides is 1. The number of amides is 1. The molecule has 0 aromatic heterocycles. The van der Waals surface area contributed by atoms with Crippen LogP contribution in [-0.2, 0) is 21.4 Å². The smallest absolute Gasteiger partial charge is 0.335 e. The summed E-state index contributed by atoms with van der Waals surface area (Å²) >= 11 is 3.45. The van der Waals surface area contributed by atoms with Gasteiger partial charge in [0.2, 0.25) is 5.91 Å². The molecule has 33 heavy (non-hydrogen) atoms. The zero-order valence-electron chi connectivity index (χ0n) is 18.1. The summed E-state index contributed by atoms with van der Waals surface area (Å²) in [6.07, 6.45) is 0. The van der Waals surface area contributed by atoms with Crippen molar-refractivity contribution in [1.29, 1.82) is 0 Å². The lowest BCUT2D eigenvalue weighted by Gasteiger charge is -2.25. The Bertz CT molecular complexity index is 1290. The molecule has 0 spiro atoms. The SMILES string of the molecule is Cc1ccc(S(=O)(=O)N(CC(=O)NCc2cccc(C(=O)O)c2)c2cccc(C)c2Br)cc1. The standard InChI is InChI=1S/C24H23BrN2O5S/c1-16-9-11-20(12-10-16)33(31,32)27(21-8-3-5-17(2)23(21)25)15-22(28)26-14-18-6-4-7-19(13-18)24(29)30/h3-13H,14-15H2,1-2H3,(H,26,28)(H,29,30). The predicted molar refractivity (Wildman–Crippen MR) is 130 cm³/mol. The van der Waals surface area contributed by atoms with E-state index in [2.05, 4.69) is 21.2 Å². The van der Waals surface area contributed by atoms with Crippen LogP contribution in [0.5, 0.6) is 0 Å². The summed E-state index contributed by atoms with van der Waals surface area (Å²) in [6.45, 7) is 3.31. The molecule has 0 aliphatic heterocycles. The second kappa shape index (κ2) is 10.2. The summed E-state index contributed by atoms with van der Waals surface area (Å²) in [7, 11) is -4.04. The van der Waals surface area contributed by atoms with Crippen LogP contribution < -0.4 is 9.62 Å². The third-order valence-corrected chi connectivity index (χ3v) is 7.81. The Morgan fingerprint density at radius 3 is 2.33 bits per heavy atom. The van der Waals surface area contributed by atoms with Crippen molar-refractivity contribution in [3.8, 4) is 0 Å². The Balaban J connectivity index is 1.89. The third kappa shape index (κ3) is 5.80. The maximum Gasteiger partial charge on any atom is 0.335 e. The highest BCUT2D eigenvalue weighted by Gasteiger charge is 2.29. The third-order valence-electron chi connectivity index (χ3n) is 5.00. The lowest BCUT2D eigenvalue weighted by molar-refractivity contribution is -0.119. The van der Waals surface area contributed by atoms with E-state index in [4.69, 9.17) is 5.11 Å². The van der Waals surface area contributed by atoms with Gasteiger partial charge in [0, 0.05) is 11.0 Å². The maximum atomic E-state index is 13.5. The molecule has 9 heteroatoms. The van der Waals surface area contributed by atoms with Gasteiger partial charge in [-0.05, 0) is 71.2 Å². The topological polar surface area (TPSA) is 104 Å². The minimum absolute atomic E-state index is 0.0629. The van der Waals surface area contributed by atoms with Crippen LogP contribution in [0.2, 0.25) is 0 Å². The molecule has 0 saturated carbocycles. The lowest BCUT2D eigenvalue weighted by Crippen LogP contribution is -2.41. The van der Waals surface area contributed by atoms with E-state index in [9.17, 15) is 18.0 Å². The molecule has 0 aliphatic carbocycles. The van der Waals surface area contributed by atoms with E-state index in [1.54, 1.807) is 36.4 Å². The van der Waals surface area contributed by atoms with Gasteiger partial charge in [0.15, 0.2) is 0 Å². The molecule has 7 nitrogen and oxygen atoms in total. The molecule has 0 fully saturated rings. The van der Waals surface area contributed by atoms with Crippen molar-refractivity contribution in [3.63, 3.8) is 0 Å². The van der Waals surface area contributed by atoms with Gasteiger partial charge in [0.1, 0.15) is 6.54 Å². The van der Waals surface area contributed by atoms with E-state index in [0.29, 0.717) is 15.7 Å². The second-order valence-electron chi connectivity index (χ2n) is 7.52. The van der Waals surface area contributed by atoms with Gasteiger partial charge >= 0.3 is 5.97 Å². The van der Waals surface area contributed by atoms with Crippen LogP contribution in [0, 0.1) is 13.8 Å². The first-order valence-electron chi connectivity index (χ1n) is 10.0. The van der Waals surface area contributed by atoms with Crippen LogP contribution in [0.1, 0.15) is 27.0 Å². The number of hydrogen-bond donors (Lipinski definition) is 2. The number of carboxylic acids is 1. The molecular formula is C24H23BrN2O5S. The number of nitrogens with one attached hydrogen (secondary N) is 1. The molecule has 0 radical (unpaired) electrons. The van der Waals surface area contributed by atoms with Gasteiger partial charge in [0.05, 0.1) is 16.1 Å². The van der Waals surface area contributed by atoms with Crippen LogP contribution in [0.4, 0.5) is 5.69 Å². The predicted octanol–water partition coefficient (Wildman–Crippen LogP) is 4.28. The highest BCUT2D eigenvalue weighted by molar-refractivity contribution is 9.10. The van der Waals surface area contributed by atoms with E-state index in [0.717, 1.165) is 15.4 Å². The summed E-state index contributed by atoms with van der Waals surface area (Å²) in [5, 5.41) is 11.8. The van der Waals surface area contributed by atoms with Crippen LogP contribution in [0.3, 0.4) is 0 Å². The van der Waals surface area contributed by atoms with Crippen molar-refractivity contribution in [2.75, 3.05) is 10.8 Å². The number of aryl methyl sites for hydroxylation is 2. The van der Waals surface area contributed by atoms with E-state index >= 15 is 0 Å². The second-order valence-corrected chi connectivity index (χ2v) is 10.2. The largest absolute Gasteiger partial charge is 0.478 e. The number of carbonyl (C=O) groups excluding carboxylic acids is 1. The molecular weight excluding hydrogens is 508 g/mol. The monoisotopic (exact) mass is 530 g/mol. The van der Waals surface area contributed by atoms with Gasteiger partial charge in [-0.15, -0.1) is 0 Å². The molecule has 172 valence electrons. The van der Waals surface area contributed by atoms with Crippen molar-refractivity contribution in [1.82, 2.24) is 5.32 Å². The van der Waals surface area contributed by atoms with Crippen LogP contribution >= 0.6 is 15.9 Å². The number of rotatable bonds is 8. The van der Waals surface area contributed by atoms with E-state index in [1.807, 2.05) is 19.9 Å². The summed E-state index contributed by atoms with van der Waals surface area (Å²) < 4.78 is 28.6. The molecule has 0 atom stereocenters. The Morgan fingerprint density at radius 2 is 1.67 bits per heavy atom. The molecule has 1 amide bonds. The average Bonchev–Trinajstić information content (AvgIpc) is 2.78. The fraction of sp³-hybridized carbons (Fsp3) is 0.167. The quantitative estimate of drug-likeness (QED) is 0.452. The fourth-order valence-corrected chi connectivity index (χ4v) is 5.19. The first-order valence-corrected chi connectivity index (χ1v) is 12.3. The van der Waals surface area contributed by atoms with Crippen molar-refractivity contribution < 1.29 is 23.1 Å². The number of benzene rings is 3. The molecule has 0 aliphatic rings. The van der Waals surface area contributed by atoms with Gasteiger partial charge in [-0.25, -0.2) is 13.2 Å². The Morgan fingerprint density at radius 1 is 1.00 bits per heavy atom. The highest BCUT2D eigenvalue weighted by Crippen LogP contribution is 2.33. The molecule has 3 aromatic carbocycles. The summed E-state index contributed by atoms with van der Waals surface area (Å²) in [5.41, 5.74) is 2.78. The molecule has 0 unspecified atom stereocenters.